The van der Waals surface area contributed by atoms with Gasteiger partial charge in [0.05, 0.1) is 0 Å². The van der Waals surface area contributed by atoms with Crippen molar-refractivity contribution in [1.82, 2.24) is 4.98 Å². The Morgan fingerprint density at radius 1 is 1.37 bits per heavy atom. The predicted molar refractivity (Wildman–Crippen MR) is 68.2 cm³/mol. The van der Waals surface area contributed by atoms with Gasteiger partial charge in [0.2, 0.25) is 11.9 Å². The standard InChI is InChI=1S/C13H17FN2O3/c1-13(2,3)12(19)16-11-8(5-7-10(17)18)4-6-9(14)15-11/h4,6H,5,7H2,1-3H3,(H,17,18)(H,15,16,19). The molecule has 0 unspecified atom stereocenters. The lowest BCUT2D eigenvalue weighted by Crippen LogP contribution is -2.28. The van der Waals surface area contributed by atoms with Crippen molar-refractivity contribution < 1.29 is 19.1 Å². The maximum Gasteiger partial charge on any atom is 0.303 e. The van der Waals surface area contributed by atoms with Crippen LogP contribution < -0.4 is 5.32 Å². The van der Waals surface area contributed by atoms with Crippen molar-refractivity contribution in [3.05, 3.63) is 23.6 Å². The van der Waals surface area contributed by atoms with Crippen molar-refractivity contribution in [2.75, 3.05) is 5.32 Å². The Hall–Kier alpha value is -1.98. The topological polar surface area (TPSA) is 79.3 Å². The Morgan fingerprint density at radius 3 is 2.53 bits per heavy atom. The summed E-state index contributed by atoms with van der Waals surface area (Å²) in [6, 6.07) is 2.58. The van der Waals surface area contributed by atoms with E-state index in [1.807, 2.05) is 0 Å². The van der Waals surface area contributed by atoms with Crippen LogP contribution in [0.4, 0.5) is 10.2 Å². The zero-order chi connectivity index (χ0) is 14.6. The van der Waals surface area contributed by atoms with Crippen LogP contribution in [-0.2, 0) is 16.0 Å². The van der Waals surface area contributed by atoms with Crippen molar-refractivity contribution in [2.45, 2.75) is 33.6 Å². The lowest BCUT2D eigenvalue weighted by Gasteiger charge is -2.18. The van der Waals surface area contributed by atoms with Crippen molar-refractivity contribution in [3.8, 4) is 0 Å². The minimum Gasteiger partial charge on any atom is -0.481 e. The van der Waals surface area contributed by atoms with E-state index in [1.165, 1.54) is 6.07 Å². The molecule has 0 saturated heterocycles. The summed E-state index contributed by atoms with van der Waals surface area (Å²) in [5, 5.41) is 11.2. The molecule has 0 radical (unpaired) electrons. The first-order chi connectivity index (χ1) is 8.70. The zero-order valence-electron chi connectivity index (χ0n) is 11.2. The molecule has 1 heterocycles. The van der Waals surface area contributed by atoms with Gasteiger partial charge in [-0.25, -0.2) is 4.98 Å². The number of pyridine rings is 1. The van der Waals surface area contributed by atoms with E-state index in [1.54, 1.807) is 20.8 Å². The molecule has 1 amide bonds. The number of halogens is 1. The van der Waals surface area contributed by atoms with E-state index < -0.39 is 17.3 Å². The summed E-state index contributed by atoms with van der Waals surface area (Å²) in [4.78, 5) is 26.0. The number of nitrogens with one attached hydrogen (secondary N) is 1. The summed E-state index contributed by atoms with van der Waals surface area (Å²) in [6.07, 6.45) is 0.0775. The highest BCUT2D eigenvalue weighted by Crippen LogP contribution is 2.20. The SMILES string of the molecule is CC(C)(C)C(=O)Nc1nc(F)ccc1CCC(=O)O. The maximum absolute atomic E-state index is 13.1. The minimum atomic E-state index is -0.961. The lowest BCUT2D eigenvalue weighted by atomic mass is 9.95. The van der Waals surface area contributed by atoms with Crippen LogP contribution in [0.3, 0.4) is 0 Å². The fourth-order valence-corrected chi connectivity index (χ4v) is 1.31. The monoisotopic (exact) mass is 268 g/mol. The molecule has 0 spiro atoms. The fraction of sp³-hybridized carbons (Fsp3) is 0.462. The second-order valence-corrected chi connectivity index (χ2v) is 5.24. The molecule has 6 heteroatoms. The van der Waals surface area contributed by atoms with Gasteiger partial charge in [0.15, 0.2) is 0 Å². The highest BCUT2D eigenvalue weighted by molar-refractivity contribution is 5.94. The summed E-state index contributed by atoms with van der Waals surface area (Å²) in [6.45, 7) is 5.16. The smallest absolute Gasteiger partial charge is 0.303 e. The Balaban J connectivity index is 2.94. The maximum atomic E-state index is 13.1. The van der Waals surface area contributed by atoms with Crippen LogP contribution in [0.5, 0.6) is 0 Å². The molecule has 0 atom stereocenters. The summed E-state index contributed by atoms with van der Waals surface area (Å²) in [5.41, 5.74) is -0.140. The summed E-state index contributed by atoms with van der Waals surface area (Å²) >= 11 is 0. The van der Waals surface area contributed by atoms with Crippen LogP contribution >= 0.6 is 0 Å². The normalized spacial score (nSPS) is 11.2. The molecule has 0 saturated carbocycles. The second kappa shape index (κ2) is 5.77. The Labute approximate surface area is 110 Å². The molecular weight excluding hydrogens is 251 g/mol. The van der Waals surface area contributed by atoms with Crippen molar-refractivity contribution in [2.24, 2.45) is 5.41 Å². The van der Waals surface area contributed by atoms with Crippen LogP contribution in [0.2, 0.25) is 0 Å². The second-order valence-electron chi connectivity index (χ2n) is 5.24. The van der Waals surface area contributed by atoms with Gasteiger partial charge in [-0.3, -0.25) is 9.59 Å². The van der Waals surface area contributed by atoms with E-state index in [4.69, 9.17) is 5.11 Å². The molecule has 0 aliphatic heterocycles. The summed E-state index contributed by atoms with van der Waals surface area (Å²) < 4.78 is 13.1. The van der Waals surface area contributed by atoms with Crippen molar-refractivity contribution >= 4 is 17.7 Å². The van der Waals surface area contributed by atoms with E-state index in [0.717, 1.165) is 6.07 Å². The third-order valence-electron chi connectivity index (χ3n) is 2.47. The van der Waals surface area contributed by atoms with Gasteiger partial charge in [0.1, 0.15) is 5.82 Å². The number of nitrogens with zero attached hydrogens (tertiary/aromatic N) is 1. The van der Waals surface area contributed by atoms with Crippen molar-refractivity contribution in [1.29, 1.82) is 0 Å². The van der Waals surface area contributed by atoms with Gasteiger partial charge in [0.25, 0.3) is 0 Å². The van der Waals surface area contributed by atoms with Crippen LogP contribution in [0, 0.1) is 11.4 Å². The number of rotatable bonds is 4. The average Bonchev–Trinajstić information content (AvgIpc) is 2.26. The van der Waals surface area contributed by atoms with Crippen LogP contribution in [0.1, 0.15) is 32.8 Å². The number of aryl methyl sites for hydroxylation is 1. The van der Waals surface area contributed by atoms with Gasteiger partial charge in [-0.1, -0.05) is 26.8 Å². The van der Waals surface area contributed by atoms with Gasteiger partial charge in [-0.05, 0) is 18.1 Å². The lowest BCUT2D eigenvalue weighted by molar-refractivity contribution is -0.137. The number of carboxylic acid groups (broad SMARTS) is 1. The number of carboxylic acids is 1. The Kier molecular flexibility index (Phi) is 4.58. The largest absolute Gasteiger partial charge is 0.481 e. The Bertz CT molecular complexity index is 495. The first-order valence-corrected chi connectivity index (χ1v) is 5.89. The van der Waals surface area contributed by atoms with Crippen LogP contribution in [0.15, 0.2) is 12.1 Å². The van der Waals surface area contributed by atoms with E-state index >= 15 is 0 Å². The number of carbonyl (C=O) groups is 2. The van der Waals surface area contributed by atoms with Gasteiger partial charge in [0, 0.05) is 11.8 Å². The third-order valence-corrected chi connectivity index (χ3v) is 2.47. The third kappa shape index (κ3) is 4.65. The summed E-state index contributed by atoms with van der Waals surface area (Å²) in [5.74, 6) is -1.90. The molecule has 0 aromatic carbocycles. The van der Waals surface area contributed by atoms with Gasteiger partial charge >= 0.3 is 5.97 Å². The molecule has 0 aliphatic rings. The molecule has 0 bridgehead atoms. The highest BCUT2D eigenvalue weighted by atomic mass is 19.1. The highest BCUT2D eigenvalue weighted by Gasteiger charge is 2.22. The molecule has 19 heavy (non-hydrogen) atoms. The molecule has 1 rings (SSSR count). The molecule has 1 aromatic heterocycles. The van der Waals surface area contributed by atoms with Gasteiger partial charge in [-0.2, -0.15) is 4.39 Å². The van der Waals surface area contributed by atoms with Gasteiger partial charge < -0.3 is 10.4 Å². The van der Waals surface area contributed by atoms with Crippen LogP contribution in [0.25, 0.3) is 0 Å². The molecule has 1 aromatic rings. The number of aromatic nitrogens is 1. The van der Waals surface area contributed by atoms with Gasteiger partial charge in [-0.15, -0.1) is 0 Å². The van der Waals surface area contributed by atoms with Crippen molar-refractivity contribution in [3.63, 3.8) is 0 Å². The molecule has 0 fully saturated rings. The fourth-order valence-electron chi connectivity index (χ4n) is 1.31. The predicted octanol–water partition coefficient (Wildman–Crippen LogP) is 2.22. The number of aliphatic carboxylic acids is 1. The van der Waals surface area contributed by atoms with E-state index in [0.29, 0.717) is 5.56 Å². The molecule has 0 aliphatic carbocycles. The number of amides is 1. The zero-order valence-corrected chi connectivity index (χ0v) is 11.2. The Morgan fingerprint density at radius 2 is 2.00 bits per heavy atom. The molecular formula is C13H17FN2O3. The first kappa shape index (κ1) is 15.1. The molecule has 104 valence electrons. The minimum absolute atomic E-state index is 0.0844. The number of carbonyl (C=O) groups excluding carboxylic acids is 1. The summed E-state index contributed by atoms with van der Waals surface area (Å²) in [7, 11) is 0. The quantitative estimate of drug-likeness (QED) is 0.821. The number of hydrogen-bond donors (Lipinski definition) is 2. The number of hydrogen-bond acceptors (Lipinski definition) is 3. The van der Waals surface area contributed by atoms with E-state index in [2.05, 4.69) is 10.3 Å². The molecule has 2 N–H and O–H groups in total. The number of anilines is 1. The molecule has 5 nitrogen and oxygen atoms in total. The first-order valence-electron chi connectivity index (χ1n) is 5.89. The van der Waals surface area contributed by atoms with Crippen LogP contribution in [-0.4, -0.2) is 22.0 Å². The average molecular weight is 268 g/mol. The van der Waals surface area contributed by atoms with E-state index in [9.17, 15) is 14.0 Å². The van der Waals surface area contributed by atoms with E-state index in [-0.39, 0.29) is 24.6 Å².